The van der Waals surface area contributed by atoms with Crippen LogP contribution in [0.25, 0.3) is 0 Å². The van der Waals surface area contributed by atoms with Gasteiger partial charge in [-0.25, -0.2) is 9.37 Å². The molecule has 0 atom stereocenters. The Morgan fingerprint density at radius 3 is 2.90 bits per heavy atom. The molecule has 0 saturated carbocycles. The molecule has 0 radical (unpaired) electrons. The van der Waals surface area contributed by atoms with Crippen molar-refractivity contribution in [3.05, 3.63) is 56.9 Å². The molecule has 1 aliphatic carbocycles. The van der Waals surface area contributed by atoms with Gasteiger partial charge in [0.2, 0.25) is 0 Å². The van der Waals surface area contributed by atoms with Crippen molar-refractivity contribution < 1.29 is 9.31 Å². The van der Waals surface area contributed by atoms with Crippen LogP contribution in [0.15, 0.2) is 18.2 Å². The lowest BCUT2D eigenvalue weighted by molar-refractivity contribution is -0.385. The summed E-state index contributed by atoms with van der Waals surface area (Å²) in [6.07, 6.45) is 4.11. The number of rotatable bonds is 3. The first-order chi connectivity index (χ1) is 10.1. The number of benzene rings is 1. The molecule has 0 spiro atoms. The molecule has 0 saturated heterocycles. The minimum atomic E-state index is -0.465. The zero-order valence-electron chi connectivity index (χ0n) is 11.8. The van der Waals surface area contributed by atoms with Gasteiger partial charge in [-0.05, 0) is 44.7 Å². The summed E-state index contributed by atoms with van der Waals surface area (Å²) in [4.78, 5) is 15.2. The minimum absolute atomic E-state index is 0.0472. The van der Waals surface area contributed by atoms with E-state index in [0.29, 0.717) is 12.1 Å². The molecule has 0 aliphatic heterocycles. The van der Waals surface area contributed by atoms with Crippen LogP contribution in [0.5, 0.6) is 0 Å². The Bertz CT molecular complexity index is 709. The van der Waals surface area contributed by atoms with Crippen LogP contribution in [0, 0.1) is 22.9 Å². The highest BCUT2D eigenvalue weighted by Gasteiger charge is 2.21. The quantitative estimate of drug-likeness (QED) is 0.644. The number of halogens is 1. The summed E-state index contributed by atoms with van der Waals surface area (Å²) in [6, 6.07) is 3.59. The van der Waals surface area contributed by atoms with Gasteiger partial charge in [0.05, 0.1) is 22.7 Å². The molecule has 1 aliphatic rings. The molecule has 1 aromatic carbocycles. The molecule has 0 amide bonds. The Morgan fingerprint density at radius 2 is 2.14 bits per heavy atom. The molecule has 5 nitrogen and oxygen atoms in total. The van der Waals surface area contributed by atoms with Crippen molar-refractivity contribution in [1.29, 1.82) is 0 Å². The van der Waals surface area contributed by atoms with E-state index in [1.54, 1.807) is 0 Å². The maximum atomic E-state index is 13.4. The molecule has 1 aromatic heterocycles. The van der Waals surface area contributed by atoms with Gasteiger partial charge in [0.25, 0.3) is 5.69 Å². The fraction of sp³-hybridized carbons (Fsp3) is 0.400. The molecule has 0 unspecified atom stereocenters. The van der Waals surface area contributed by atoms with E-state index < -0.39 is 10.7 Å². The number of nitro benzene ring substituents is 1. The average molecular weight is 289 g/mol. The summed E-state index contributed by atoms with van der Waals surface area (Å²) in [5.41, 5.74) is 2.55. The second-order valence-corrected chi connectivity index (χ2v) is 5.38. The first-order valence-corrected chi connectivity index (χ1v) is 7.04. The first kappa shape index (κ1) is 13.7. The van der Waals surface area contributed by atoms with Crippen LogP contribution < -0.4 is 0 Å². The van der Waals surface area contributed by atoms with Crippen LogP contribution in [0.3, 0.4) is 0 Å². The van der Waals surface area contributed by atoms with Gasteiger partial charge in [-0.1, -0.05) is 0 Å². The third-order valence-corrected chi connectivity index (χ3v) is 3.99. The van der Waals surface area contributed by atoms with Gasteiger partial charge >= 0.3 is 0 Å². The number of nitrogens with zero attached hydrogens (tertiary/aromatic N) is 3. The number of hydrogen-bond donors (Lipinski definition) is 0. The molecule has 2 aromatic rings. The fourth-order valence-corrected chi connectivity index (χ4v) is 2.97. The van der Waals surface area contributed by atoms with Crippen LogP contribution >= 0.6 is 0 Å². The van der Waals surface area contributed by atoms with E-state index in [9.17, 15) is 14.5 Å². The largest absolute Gasteiger partial charge is 0.327 e. The standard InChI is InChI=1S/C15H16FN3O2/c1-10-17-13-4-2-3-5-15(13)18(10)9-11-8-12(16)6-7-14(11)19(20)21/h6-8H,2-5,9H2,1H3. The predicted octanol–water partition coefficient (Wildman–Crippen LogP) is 3.17. The van der Waals surface area contributed by atoms with E-state index in [0.717, 1.165) is 49.0 Å². The Balaban J connectivity index is 2.03. The summed E-state index contributed by atoms with van der Waals surface area (Å²) >= 11 is 0. The van der Waals surface area contributed by atoms with Crippen LogP contribution in [-0.4, -0.2) is 14.5 Å². The Kier molecular flexibility index (Phi) is 3.45. The lowest BCUT2D eigenvalue weighted by Gasteiger charge is -2.15. The van der Waals surface area contributed by atoms with E-state index in [2.05, 4.69) is 4.98 Å². The van der Waals surface area contributed by atoms with Gasteiger partial charge in [-0.15, -0.1) is 0 Å². The normalized spacial score (nSPS) is 14.0. The summed E-state index contributed by atoms with van der Waals surface area (Å²) in [5.74, 6) is 0.377. The third-order valence-electron chi connectivity index (χ3n) is 3.99. The molecular formula is C15H16FN3O2. The summed E-state index contributed by atoms with van der Waals surface area (Å²) < 4.78 is 15.4. The van der Waals surface area contributed by atoms with Crippen LogP contribution in [-0.2, 0) is 19.4 Å². The molecule has 110 valence electrons. The number of aryl methyl sites for hydroxylation is 2. The maximum Gasteiger partial charge on any atom is 0.274 e. The summed E-state index contributed by atoms with van der Waals surface area (Å²) in [6.45, 7) is 2.19. The Labute approximate surface area is 121 Å². The number of fused-ring (bicyclic) bond motifs is 1. The van der Waals surface area contributed by atoms with Gasteiger partial charge in [0.15, 0.2) is 0 Å². The van der Waals surface area contributed by atoms with Gasteiger partial charge < -0.3 is 4.57 Å². The highest BCUT2D eigenvalue weighted by Crippen LogP contribution is 2.26. The fourth-order valence-electron chi connectivity index (χ4n) is 2.97. The van der Waals surface area contributed by atoms with Crippen molar-refractivity contribution in [3.63, 3.8) is 0 Å². The van der Waals surface area contributed by atoms with Crippen LogP contribution in [0.4, 0.5) is 10.1 Å². The Hall–Kier alpha value is -2.24. The van der Waals surface area contributed by atoms with Gasteiger partial charge in [0.1, 0.15) is 11.6 Å². The highest BCUT2D eigenvalue weighted by molar-refractivity contribution is 5.41. The zero-order chi connectivity index (χ0) is 15.0. The zero-order valence-corrected chi connectivity index (χ0v) is 11.8. The molecule has 3 rings (SSSR count). The van der Waals surface area contributed by atoms with Gasteiger partial charge in [-0.2, -0.15) is 0 Å². The SMILES string of the molecule is Cc1nc2c(n1Cc1cc(F)ccc1[N+](=O)[O-])CCCC2. The van der Waals surface area contributed by atoms with Crippen molar-refractivity contribution in [3.8, 4) is 0 Å². The molecular weight excluding hydrogens is 273 g/mol. The van der Waals surface area contributed by atoms with E-state index in [1.807, 2.05) is 11.5 Å². The summed E-state index contributed by atoms with van der Waals surface area (Å²) in [5, 5.41) is 11.1. The van der Waals surface area contributed by atoms with Crippen molar-refractivity contribution in [2.45, 2.75) is 39.2 Å². The molecule has 6 heteroatoms. The minimum Gasteiger partial charge on any atom is -0.327 e. The Morgan fingerprint density at radius 1 is 1.38 bits per heavy atom. The number of hydrogen-bond acceptors (Lipinski definition) is 3. The molecule has 0 bridgehead atoms. The van der Waals surface area contributed by atoms with Crippen LogP contribution in [0.2, 0.25) is 0 Å². The topological polar surface area (TPSA) is 61.0 Å². The van der Waals surface area contributed by atoms with E-state index in [-0.39, 0.29) is 5.69 Å². The third kappa shape index (κ3) is 2.53. The average Bonchev–Trinajstić information content (AvgIpc) is 2.75. The van der Waals surface area contributed by atoms with Crippen molar-refractivity contribution in [2.24, 2.45) is 0 Å². The summed E-state index contributed by atoms with van der Waals surface area (Å²) in [7, 11) is 0. The smallest absolute Gasteiger partial charge is 0.274 e. The molecule has 0 fully saturated rings. The van der Waals surface area contributed by atoms with E-state index in [4.69, 9.17) is 0 Å². The maximum absolute atomic E-state index is 13.4. The molecule has 0 N–H and O–H groups in total. The van der Waals surface area contributed by atoms with Crippen molar-refractivity contribution >= 4 is 5.69 Å². The number of nitro groups is 1. The first-order valence-electron chi connectivity index (χ1n) is 7.04. The predicted molar refractivity (Wildman–Crippen MR) is 75.8 cm³/mol. The van der Waals surface area contributed by atoms with Gasteiger partial charge in [0, 0.05) is 11.8 Å². The lowest BCUT2D eigenvalue weighted by atomic mass is 10.0. The van der Waals surface area contributed by atoms with Gasteiger partial charge in [-0.3, -0.25) is 10.1 Å². The highest BCUT2D eigenvalue weighted by atomic mass is 19.1. The molecule has 21 heavy (non-hydrogen) atoms. The lowest BCUT2D eigenvalue weighted by Crippen LogP contribution is -2.11. The second-order valence-electron chi connectivity index (χ2n) is 5.38. The van der Waals surface area contributed by atoms with E-state index >= 15 is 0 Å². The van der Waals surface area contributed by atoms with Crippen molar-refractivity contribution in [1.82, 2.24) is 9.55 Å². The monoisotopic (exact) mass is 289 g/mol. The number of imidazole rings is 1. The second kappa shape index (κ2) is 5.27. The van der Waals surface area contributed by atoms with E-state index in [1.165, 1.54) is 12.1 Å². The molecule has 1 heterocycles. The van der Waals surface area contributed by atoms with Crippen molar-refractivity contribution in [2.75, 3.05) is 0 Å². The van der Waals surface area contributed by atoms with Crippen LogP contribution in [0.1, 0.15) is 35.6 Å². The number of aromatic nitrogens is 2.